The summed E-state index contributed by atoms with van der Waals surface area (Å²) in [6, 6.07) is 4.34. The van der Waals surface area contributed by atoms with Crippen LogP contribution in [0.2, 0.25) is 10.0 Å². The fourth-order valence-electron chi connectivity index (χ4n) is 2.46. The molecular weight excluding hydrogens is 363 g/mol. The monoisotopic (exact) mass is 378 g/mol. The minimum absolute atomic E-state index is 0.0309. The van der Waals surface area contributed by atoms with Crippen molar-refractivity contribution < 1.29 is 18.0 Å². The third-order valence-corrected chi connectivity index (χ3v) is 6.16. The molecule has 1 heterocycles. The molecule has 0 spiro atoms. The molecule has 9 heteroatoms. The van der Waals surface area contributed by atoms with Gasteiger partial charge in [0, 0.05) is 13.0 Å². The average molecular weight is 379 g/mol. The first-order chi connectivity index (χ1) is 10.7. The van der Waals surface area contributed by atoms with E-state index in [2.05, 4.69) is 5.32 Å². The zero-order valence-corrected chi connectivity index (χ0v) is 14.7. The van der Waals surface area contributed by atoms with E-state index in [9.17, 15) is 18.0 Å². The molecule has 1 aliphatic rings. The molecule has 0 aromatic heterocycles. The van der Waals surface area contributed by atoms with E-state index >= 15 is 0 Å². The number of rotatable bonds is 4. The quantitative estimate of drug-likeness (QED) is 0.867. The SMILES string of the molecule is CC(=O)N(CC(=O)Nc1cccc(Cl)c1Cl)C1CCS(=O)(=O)C1. The number of hydrogen-bond donors (Lipinski definition) is 1. The number of amides is 2. The van der Waals surface area contributed by atoms with Crippen molar-refractivity contribution in [2.24, 2.45) is 0 Å². The predicted molar refractivity (Wildman–Crippen MR) is 89.5 cm³/mol. The molecule has 1 aromatic carbocycles. The van der Waals surface area contributed by atoms with Crippen LogP contribution >= 0.6 is 23.2 Å². The van der Waals surface area contributed by atoms with Crippen LogP contribution < -0.4 is 5.32 Å². The molecule has 1 N–H and O–H groups in total. The van der Waals surface area contributed by atoms with E-state index in [0.29, 0.717) is 17.1 Å². The van der Waals surface area contributed by atoms with Crippen LogP contribution in [0.15, 0.2) is 18.2 Å². The van der Waals surface area contributed by atoms with Crippen molar-refractivity contribution >= 4 is 50.5 Å². The summed E-state index contributed by atoms with van der Waals surface area (Å²) in [6.07, 6.45) is 0.340. The van der Waals surface area contributed by atoms with Crippen molar-refractivity contribution in [3.63, 3.8) is 0 Å². The first kappa shape index (κ1) is 18.0. The zero-order valence-electron chi connectivity index (χ0n) is 12.4. The fraction of sp³-hybridized carbons (Fsp3) is 0.429. The van der Waals surface area contributed by atoms with Gasteiger partial charge in [0.05, 0.1) is 27.2 Å². The van der Waals surface area contributed by atoms with Gasteiger partial charge in [0.1, 0.15) is 6.54 Å². The van der Waals surface area contributed by atoms with E-state index in [1.165, 1.54) is 11.8 Å². The Morgan fingerprint density at radius 2 is 2.04 bits per heavy atom. The Balaban J connectivity index is 2.07. The van der Waals surface area contributed by atoms with Gasteiger partial charge in [0.2, 0.25) is 11.8 Å². The number of benzene rings is 1. The summed E-state index contributed by atoms with van der Waals surface area (Å²) >= 11 is 11.9. The number of hydrogen-bond acceptors (Lipinski definition) is 4. The minimum Gasteiger partial charge on any atom is -0.330 e. The summed E-state index contributed by atoms with van der Waals surface area (Å²) in [6.45, 7) is 1.07. The first-order valence-electron chi connectivity index (χ1n) is 6.91. The highest BCUT2D eigenvalue weighted by molar-refractivity contribution is 7.91. The van der Waals surface area contributed by atoms with Crippen LogP contribution in [0.4, 0.5) is 5.69 Å². The lowest BCUT2D eigenvalue weighted by Crippen LogP contribution is -2.44. The van der Waals surface area contributed by atoms with Gasteiger partial charge in [0.25, 0.3) is 0 Å². The maximum absolute atomic E-state index is 12.2. The molecule has 1 saturated heterocycles. The number of nitrogens with zero attached hydrogens (tertiary/aromatic N) is 1. The van der Waals surface area contributed by atoms with Crippen LogP contribution in [0.3, 0.4) is 0 Å². The number of halogens is 2. The Morgan fingerprint density at radius 1 is 1.35 bits per heavy atom. The molecule has 1 unspecified atom stereocenters. The van der Waals surface area contributed by atoms with Crippen molar-refractivity contribution in [3.05, 3.63) is 28.2 Å². The molecule has 126 valence electrons. The number of sulfone groups is 1. The normalized spacial score (nSPS) is 19.3. The largest absolute Gasteiger partial charge is 0.330 e. The van der Waals surface area contributed by atoms with Crippen molar-refractivity contribution in [2.75, 3.05) is 23.4 Å². The fourth-order valence-corrected chi connectivity index (χ4v) is 4.54. The lowest BCUT2D eigenvalue weighted by Gasteiger charge is -2.26. The van der Waals surface area contributed by atoms with Crippen molar-refractivity contribution in [1.29, 1.82) is 0 Å². The van der Waals surface area contributed by atoms with Gasteiger partial charge in [-0.25, -0.2) is 8.42 Å². The topological polar surface area (TPSA) is 83.6 Å². The van der Waals surface area contributed by atoms with Crippen LogP contribution in [0, 0.1) is 0 Å². The molecule has 0 saturated carbocycles. The lowest BCUT2D eigenvalue weighted by molar-refractivity contribution is -0.134. The van der Waals surface area contributed by atoms with Crippen molar-refractivity contribution in [2.45, 2.75) is 19.4 Å². The van der Waals surface area contributed by atoms with Crippen LogP contribution in [-0.2, 0) is 19.4 Å². The van der Waals surface area contributed by atoms with Crippen molar-refractivity contribution in [3.8, 4) is 0 Å². The highest BCUT2D eigenvalue weighted by Gasteiger charge is 2.34. The summed E-state index contributed by atoms with van der Waals surface area (Å²) < 4.78 is 23.1. The van der Waals surface area contributed by atoms with Gasteiger partial charge in [-0.05, 0) is 18.6 Å². The average Bonchev–Trinajstić information content (AvgIpc) is 2.81. The van der Waals surface area contributed by atoms with Gasteiger partial charge in [0.15, 0.2) is 9.84 Å². The molecule has 6 nitrogen and oxygen atoms in total. The Hall–Kier alpha value is -1.31. The van der Waals surface area contributed by atoms with Crippen LogP contribution in [0.5, 0.6) is 0 Å². The van der Waals surface area contributed by atoms with E-state index in [1.54, 1.807) is 18.2 Å². The Morgan fingerprint density at radius 3 is 2.61 bits per heavy atom. The van der Waals surface area contributed by atoms with Gasteiger partial charge in [-0.3, -0.25) is 9.59 Å². The third kappa shape index (κ3) is 4.59. The molecule has 1 fully saturated rings. The summed E-state index contributed by atoms with van der Waals surface area (Å²) in [5.74, 6) is -0.894. The van der Waals surface area contributed by atoms with Gasteiger partial charge in [-0.2, -0.15) is 0 Å². The standard InChI is InChI=1S/C14H16Cl2N2O4S/c1-9(19)18(10-5-6-23(21,22)8-10)7-13(20)17-12-4-2-3-11(15)14(12)16/h2-4,10H,5-8H2,1H3,(H,17,20). The Bertz CT molecular complexity index is 736. The number of anilines is 1. The van der Waals surface area contributed by atoms with E-state index in [1.807, 2.05) is 0 Å². The highest BCUT2D eigenvalue weighted by atomic mass is 35.5. The summed E-state index contributed by atoms with van der Waals surface area (Å²) in [5.41, 5.74) is 0.340. The zero-order chi connectivity index (χ0) is 17.2. The number of carbonyl (C=O) groups excluding carboxylic acids is 2. The Kier molecular flexibility index (Phi) is 5.54. The van der Waals surface area contributed by atoms with E-state index in [0.717, 1.165) is 0 Å². The summed E-state index contributed by atoms with van der Waals surface area (Å²) in [5, 5.41) is 3.09. The van der Waals surface area contributed by atoms with Gasteiger partial charge in [-0.1, -0.05) is 29.3 Å². The van der Waals surface area contributed by atoms with E-state index < -0.39 is 21.8 Å². The molecule has 1 aliphatic heterocycles. The molecule has 1 aromatic rings. The maximum atomic E-state index is 12.2. The summed E-state index contributed by atoms with van der Waals surface area (Å²) in [7, 11) is -3.15. The smallest absolute Gasteiger partial charge is 0.244 e. The second kappa shape index (κ2) is 7.07. The molecule has 2 rings (SSSR count). The molecule has 1 atom stereocenters. The van der Waals surface area contributed by atoms with E-state index in [-0.39, 0.29) is 29.0 Å². The molecule has 0 aliphatic carbocycles. The number of carbonyl (C=O) groups is 2. The van der Waals surface area contributed by atoms with Crippen molar-refractivity contribution in [1.82, 2.24) is 4.90 Å². The maximum Gasteiger partial charge on any atom is 0.244 e. The van der Waals surface area contributed by atoms with E-state index in [4.69, 9.17) is 23.2 Å². The number of nitrogens with one attached hydrogen (secondary N) is 1. The second-order valence-electron chi connectivity index (χ2n) is 5.35. The molecule has 2 amide bonds. The van der Waals surface area contributed by atoms with Gasteiger partial charge < -0.3 is 10.2 Å². The van der Waals surface area contributed by atoms with Crippen LogP contribution in [0.1, 0.15) is 13.3 Å². The summed E-state index contributed by atoms with van der Waals surface area (Å²) in [4.78, 5) is 25.2. The predicted octanol–water partition coefficient (Wildman–Crippen LogP) is 1.97. The minimum atomic E-state index is -3.15. The van der Waals surface area contributed by atoms with Gasteiger partial charge in [-0.15, -0.1) is 0 Å². The first-order valence-corrected chi connectivity index (χ1v) is 9.49. The molecule has 0 bridgehead atoms. The molecule has 23 heavy (non-hydrogen) atoms. The van der Waals surface area contributed by atoms with Gasteiger partial charge >= 0.3 is 0 Å². The highest BCUT2D eigenvalue weighted by Crippen LogP contribution is 2.29. The second-order valence-corrected chi connectivity index (χ2v) is 8.37. The molecular formula is C14H16Cl2N2O4S. The van der Waals surface area contributed by atoms with Crippen LogP contribution in [-0.4, -0.2) is 49.2 Å². The molecule has 0 radical (unpaired) electrons. The Labute approximate surface area is 144 Å². The third-order valence-electron chi connectivity index (χ3n) is 3.59. The van der Waals surface area contributed by atoms with Crippen LogP contribution in [0.25, 0.3) is 0 Å². The lowest BCUT2D eigenvalue weighted by atomic mass is 10.2.